The SMILES string of the molecule is CC(Cl)c1nnnn1CCc1ccc(F)cc1. The zero-order valence-electron chi connectivity index (χ0n) is 9.35. The van der Waals surface area contributed by atoms with Crippen LogP contribution in [0.3, 0.4) is 0 Å². The zero-order valence-corrected chi connectivity index (χ0v) is 10.1. The fourth-order valence-corrected chi connectivity index (χ4v) is 1.70. The van der Waals surface area contributed by atoms with E-state index in [2.05, 4.69) is 15.5 Å². The number of aryl methyl sites for hydroxylation is 2. The molecule has 6 heteroatoms. The van der Waals surface area contributed by atoms with Gasteiger partial charge in [0.15, 0.2) is 5.82 Å². The van der Waals surface area contributed by atoms with Gasteiger partial charge in [-0.2, -0.15) is 0 Å². The smallest absolute Gasteiger partial charge is 0.168 e. The van der Waals surface area contributed by atoms with Crippen molar-refractivity contribution in [2.75, 3.05) is 0 Å². The monoisotopic (exact) mass is 254 g/mol. The van der Waals surface area contributed by atoms with Gasteiger partial charge < -0.3 is 0 Å². The van der Waals surface area contributed by atoms with E-state index in [1.165, 1.54) is 12.1 Å². The Kier molecular flexibility index (Phi) is 3.68. The van der Waals surface area contributed by atoms with E-state index >= 15 is 0 Å². The van der Waals surface area contributed by atoms with E-state index in [-0.39, 0.29) is 11.2 Å². The second-order valence-corrected chi connectivity index (χ2v) is 4.41. The molecule has 4 nitrogen and oxygen atoms in total. The summed E-state index contributed by atoms with van der Waals surface area (Å²) in [5.41, 5.74) is 1.04. The fraction of sp³-hybridized carbons (Fsp3) is 0.364. The summed E-state index contributed by atoms with van der Waals surface area (Å²) in [6, 6.07) is 6.40. The molecule has 17 heavy (non-hydrogen) atoms. The lowest BCUT2D eigenvalue weighted by Gasteiger charge is -2.05. The summed E-state index contributed by atoms with van der Waals surface area (Å²) in [5, 5.41) is 11.1. The minimum absolute atomic E-state index is 0.224. The molecule has 0 aliphatic rings. The molecule has 1 aromatic carbocycles. The Morgan fingerprint density at radius 1 is 1.35 bits per heavy atom. The molecule has 0 aliphatic carbocycles. The third-order valence-electron chi connectivity index (χ3n) is 2.44. The summed E-state index contributed by atoms with van der Waals surface area (Å²) in [5.74, 6) is 0.417. The highest BCUT2D eigenvalue weighted by atomic mass is 35.5. The summed E-state index contributed by atoms with van der Waals surface area (Å²) >= 11 is 5.94. The lowest BCUT2D eigenvalue weighted by molar-refractivity contribution is 0.563. The molecule has 2 rings (SSSR count). The number of tetrazole rings is 1. The highest BCUT2D eigenvalue weighted by Crippen LogP contribution is 2.15. The minimum atomic E-state index is -0.230. The van der Waals surface area contributed by atoms with Gasteiger partial charge in [0.2, 0.25) is 0 Å². The van der Waals surface area contributed by atoms with Crippen LogP contribution < -0.4 is 0 Å². The second kappa shape index (κ2) is 5.23. The first-order valence-electron chi connectivity index (χ1n) is 5.31. The van der Waals surface area contributed by atoms with E-state index in [9.17, 15) is 4.39 Å². The maximum absolute atomic E-state index is 12.7. The molecule has 0 N–H and O–H groups in total. The number of hydrogen-bond donors (Lipinski definition) is 0. The van der Waals surface area contributed by atoms with Crippen LogP contribution in [-0.2, 0) is 13.0 Å². The van der Waals surface area contributed by atoms with Gasteiger partial charge in [-0.15, -0.1) is 16.7 Å². The van der Waals surface area contributed by atoms with E-state index in [0.717, 1.165) is 12.0 Å². The van der Waals surface area contributed by atoms with Crippen LogP contribution in [0.25, 0.3) is 0 Å². The standard InChI is InChI=1S/C11H12ClFN4/c1-8(12)11-14-15-16-17(11)7-6-9-2-4-10(13)5-3-9/h2-5,8H,6-7H2,1H3. The molecule has 0 saturated carbocycles. The Balaban J connectivity index is 2.02. The number of hydrogen-bond acceptors (Lipinski definition) is 3. The predicted octanol–water partition coefficient (Wildman–Crippen LogP) is 2.35. The fourth-order valence-electron chi connectivity index (χ4n) is 1.54. The second-order valence-electron chi connectivity index (χ2n) is 3.75. The Morgan fingerprint density at radius 2 is 2.06 bits per heavy atom. The summed E-state index contributed by atoms with van der Waals surface area (Å²) < 4.78 is 14.4. The van der Waals surface area contributed by atoms with Crippen molar-refractivity contribution < 1.29 is 4.39 Å². The Morgan fingerprint density at radius 3 is 2.71 bits per heavy atom. The number of alkyl halides is 1. The number of rotatable bonds is 4. The van der Waals surface area contributed by atoms with Crippen LogP contribution in [0, 0.1) is 5.82 Å². The van der Waals surface area contributed by atoms with Crippen LogP contribution in [-0.4, -0.2) is 20.2 Å². The van der Waals surface area contributed by atoms with Gasteiger partial charge in [-0.1, -0.05) is 12.1 Å². The molecule has 0 bridgehead atoms. The molecular weight excluding hydrogens is 243 g/mol. The minimum Gasteiger partial charge on any atom is -0.228 e. The Labute approximate surface area is 103 Å². The zero-order chi connectivity index (χ0) is 12.3. The lowest BCUT2D eigenvalue weighted by atomic mass is 10.1. The van der Waals surface area contributed by atoms with E-state index in [4.69, 9.17) is 11.6 Å². The lowest BCUT2D eigenvalue weighted by Crippen LogP contribution is -2.08. The molecule has 1 heterocycles. The molecule has 2 aromatic rings. The van der Waals surface area contributed by atoms with Crippen LogP contribution in [0.1, 0.15) is 23.7 Å². The van der Waals surface area contributed by atoms with Crippen LogP contribution in [0.5, 0.6) is 0 Å². The maximum Gasteiger partial charge on any atom is 0.168 e. The van der Waals surface area contributed by atoms with Crippen molar-refractivity contribution in [1.29, 1.82) is 0 Å². The van der Waals surface area contributed by atoms with Gasteiger partial charge in [-0.05, 0) is 41.5 Å². The molecule has 0 aliphatic heterocycles. The van der Waals surface area contributed by atoms with Gasteiger partial charge >= 0.3 is 0 Å². The summed E-state index contributed by atoms with van der Waals surface area (Å²) in [6.07, 6.45) is 0.738. The average molecular weight is 255 g/mol. The van der Waals surface area contributed by atoms with Crippen molar-refractivity contribution in [2.24, 2.45) is 0 Å². The van der Waals surface area contributed by atoms with Gasteiger partial charge in [0.05, 0.1) is 5.38 Å². The largest absolute Gasteiger partial charge is 0.228 e. The molecule has 1 aromatic heterocycles. The van der Waals surface area contributed by atoms with Crippen LogP contribution in [0.4, 0.5) is 4.39 Å². The quantitative estimate of drug-likeness (QED) is 0.787. The van der Waals surface area contributed by atoms with Gasteiger partial charge in [-0.25, -0.2) is 9.07 Å². The summed E-state index contributed by atoms with van der Waals surface area (Å²) in [4.78, 5) is 0. The molecule has 0 spiro atoms. The van der Waals surface area contributed by atoms with Crippen molar-refractivity contribution in [3.8, 4) is 0 Å². The molecule has 0 radical (unpaired) electrons. The molecule has 1 unspecified atom stereocenters. The van der Waals surface area contributed by atoms with Crippen LogP contribution in [0.15, 0.2) is 24.3 Å². The van der Waals surface area contributed by atoms with E-state index in [1.54, 1.807) is 16.8 Å². The van der Waals surface area contributed by atoms with Crippen LogP contribution >= 0.6 is 11.6 Å². The van der Waals surface area contributed by atoms with Crippen molar-refractivity contribution in [2.45, 2.75) is 25.3 Å². The first-order valence-corrected chi connectivity index (χ1v) is 5.75. The Hall–Kier alpha value is -1.49. The summed E-state index contributed by atoms with van der Waals surface area (Å²) in [7, 11) is 0. The molecular formula is C11H12ClFN4. The Bertz CT molecular complexity index is 480. The first kappa shape index (κ1) is 12.0. The maximum atomic E-state index is 12.7. The van der Waals surface area contributed by atoms with E-state index in [1.807, 2.05) is 6.92 Å². The molecule has 0 saturated heterocycles. The number of nitrogens with zero attached hydrogens (tertiary/aromatic N) is 4. The van der Waals surface area contributed by atoms with Gasteiger partial charge in [0, 0.05) is 6.54 Å². The van der Waals surface area contributed by atoms with Gasteiger partial charge in [0.25, 0.3) is 0 Å². The van der Waals surface area contributed by atoms with Crippen molar-refractivity contribution >= 4 is 11.6 Å². The van der Waals surface area contributed by atoms with Crippen molar-refractivity contribution in [1.82, 2.24) is 20.2 Å². The topological polar surface area (TPSA) is 43.6 Å². The van der Waals surface area contributed by atoms with E-state index < -0.39 is 0 Å². The highest BCUT2D eigenvalue weighted by Gasteiger charge is 2.11. The summed E-state index contributed by atoms with van der Waals surface area (Å²) in [6.45, 7) is 2.45. The third kappa shape index (κ3) is 3.00. The normalized spacial score (nSPS) is 12.6. The first-order chi connectivity index (χ1) is 8.16. The van der Waals surface area contributed by atoms with Gasteiger partial charge in [0.1, 0.15) is 5.82 Å². The number of benzene rings is 1. The highest BCUT2D eigenvalue weighted by molar-refractivity contribution is 6.20. The van der Waals surface area contributed by atoms with E-state index in [0.29, 0.717) is 12.4 Å². The number of halogens is 2. The van der Waals surface area contributed by atoms with Crippen molar-refractivity contribution in [3.05, 3.63) is 41.5 Å². The van der Waals surface area contributed by atoms with Crippen molar-refractivity contribution in [3.63, 3.8) is 0 Å². The van der Waals surface area contributed by atoms with Gasteiger partial charge in [-0.3, -0.25) is 0 Å². The molecule has 90 valence electrons. The molecule has 1 atom stereocenters. The average Bonchev–Trinajstić information content (AvgIpc) is 2.76. The van der Waals surface area contributed by atoms with Crippen LogP contribution in [0.2, 0.25) is 0 Å². The number of aromatic nitrogens is 4. The molecule has 0 fully saturated rings. The third-order valence-corrected chi connectivity index (χ3v) is 2.64. The predicted molar refractivity (Wildman–Crippen MR) is 62.2 cm³/mol. The molecule has 0 amide bonds.